The second-order valence-electron chi connectivity index (χ2n) is 3.55. The normalized spacial score (nSPS) is 9.00. The van der Waals surface area contributed by atoms with Crippen LogP contribution in [-0.2, 0) is 24.2 Å². The second kappa shape index (κ2) is 11.4. The summed E-state index contributed by atoms with van der Waals surface area (Å²) in [5.41, 5.74) is 2.05. The summed E-state index contributed by atoms with van der Waals surface area (Å²) in [7, 11) is 1.36. The summed E-state index contributed by atoms with van der Waals surface area (Å²) < 4.78 is 4.62. The summed E-state index contributed by atoms with van der Waals surface area (Å²) in [6, 6.07) is 12.5. The molecule has 21 heavy (non-hydrogen) atoms. The fraction of sp³-hybridized carbons (Fsp3) is 0.0714. The van der Waals surface area contributed by atoms with Gasteiger partial charge in [-0.1, -0.05) is 6.07 Å². The van der Waals surface area contributed by atoms with Gasteiger partial charge in [0.15, 0.2) is 0 Å². The Morgan fingerprint density at radius 1 is 1.14 bits per heavy atom. The van der Waals surface area contributed by atoms with E-state index in [9.17, 15) is 4.79 Å². The second-order valence-corrected chi connectivity index (χ2v) is 3.55. The summed E-state index contributed by atoms with van der Waals surface area (Å²) in [6.45, 7) is 0. The van der Waals surface area contributed by atoms with E-state index in [0.29, 0.717) is 5.56 Å². The van der Waals surface area contributed by atoms with Crippen LogP contribution >= 0.6 is 0 Å². The van der Waals surface area contributed by atoms with Crippen LogP contribution in [0, 0.1) is 0 Å². The van der Waals surface area contributed by atoms with Crippen molar-refractivity contribution in [3.8, 4) is 0 Å². The number of aliphatic imine (C=N–C) groups is 1. The van der Waals surface area contributed by atoms with Crippen molar-refractivity contribution >= 4 is 17.9 Å². The van der Waals surface area contributed by atoms with Crippen LogP contribution in [0.1, 0.15) is 16.1 Å². The summed E-state index contributed by atoms with van der Waals surface area (Å²) in [5.74, 6) is -0.352. The summed E-state index contributed by atoms with van der Waals surface area (Å²) >= 11 is 0. The zero-order valence-corrected chi connectivity index (χ0v) is 15.8. The first kappa shape index (κ1) is 22.0. The molecule has 0 aliphatic carbocycles. The molecule has 0 N–H and O–H groups in total. The van der Waals surface area contributed by atoms with E-state index in [1.807, 2.05) is 18.2 Å². The molecular formula is C14H12Cl2N2O2Zn. The number of pyridine rings is 1. The molecule has 1 aromatic heterocycles. The number of esters is 1. The van der Waals surface area contributed by atoms with E-state index < -0.39 is 0 Å². The minimum atomic E-state index is -0.352. The fourth-order valence-corrected chi connectivity index (χ4v) is 1.39. The van der Waals surface area contributed by atoms with Crippen LogP contribution in [0.2, 0.25) is 0 Å². The molecule has 2 aromatic rings. The molecule has 0 saturated carbocycles. The van der Waals surface area contributed by atoms with Gasteiger partial charge in [0.25, 0.3) is 0 Å². The van der Waals surface area contributed by atoms with Gasteiger partial charge in [0.2, 0.25) is 0 Å². The number of hydrogen-bond acceptors (Lipinski definition) is 4. The molecule has 0 bridgehead atoms. The molecule has 0 saturated heterocycles. The number of halogens is 2. The molecule has 106 valence electrons. The Hall–Kier alpha value is -1.29. The van der Waals surface area contributed by atoms with E-state index in [0.717, 1.165) is 11.4 Å². The molecule has 4 nitrogen and oxygen atoms in total. The molecule has 0 aliphatic heterocycles. The van der Waals surface area contributed by atoms with Gasteiger partial charge < -0.3 is 29.6 Å². The van der Waals surface area contributed by atoms with Crippen molar-refractivity contribution < 1.29 is 53.8 Å². The van der Waals surface area contributed by atoms with Crippen LogP contribution in [0.5, 0.6) is 0 Å². The standard InChI is InChI=1S/C14H12N2O2.2ClH.Zn/c1-18-14(17)11-5-7-12(8-6-11)16-10-13-4-2-3-9-15-13;;;/h2-10H,1H3;2*1H;/q;;;+2/p-2. The summed E-state index contributed by atoms with van der Waals surface area (Å²) in [6.07, 6.45) is 3.38. The van der Waals surface area contributed by atoms with Crippen molar-refractivity contribution in [1.29, 1.82) is 0 Å². The van der Waals surface area contributed by atoms with Gasteiger partial charge in [0.05, 0.1) is 30.3 Å². The first-order chi connectivity index (χ1) is 8.79. The van der Waals surface area contributed by atoms with Crippen molar-refractivity contribution in [3.05, 3.63) is 59.9 Å². The summed E-state index contributed by atoms with van der Waals surface area (Å²) in [5, 5.41) is 0. The van der Waals surface area contributed by atoms with Gasteiger partial charge in [-0.2, -0.15) is 0 Å². The van der Waals surface area contributed by atoms with E-state index in [4.69, 9.17) is 0 Å². The Labute approximate surface area is 148 Å². The average molecular weight is 377 g/mol. The monoisotopic (exact) mass is 374 g/mol. The van der Waals surface area contributed by atoms with Gasteiger partial charge in [0.1, 0.15) is 0 Å². The third-order valence-electron chi connectivity index (χ3n) is 2.32. The third-order valence-corrected chi connectivity index (χ3v) is 2.32. The van der Waals surface area contributed by atoms with Crippen molar-refractivity contribution in [2.24, 2.45) is 4.99 Å². The van der Waals surface area contributed by atoms with Gasteiger partial charge in [0, 0.05) is 6.20 Å². The fourth-order valence-electron chi connectivity index (χ4n) is 1.39. The van der Waals surface area contributed by atoms with E-state index in [1.165, 1.54) is 7.11 Å². The number of rotatable bonds is 3. The number of carbonyl (C=O) groups excluding carboxylic acids is 1. The van der Waals surface area contributed by atoms with Crippen LogP contribution in [-0.4, -0.2) is 24.3 Å². The average Bonchev–Trinajstić information content (AvgIpc) is 2.46. The molecule has 1 heterocycles. The van der Waals surface area contributed by atoms with Gasteiger partial charge in [-0.3, -0.25) is 9.98 Å². The molecule has 7 heteroatoms. The number of carbonyl (C=O) groups is 1. The Kier molecular flexibility index (Phi) is 11.9. The first-order valence-electron chi connectivity index (χ1n) is 5.43. The molecule has 0 radical (unpaired) electrons. The van der Waals surface area contributed by atoms with Crippen LogP contribution < -0.4 is 24.8 Å². The smallest absolute Gasteiger partial charge is 1.00 e. The molecule has 0 atom stereocenters. The zero-order chi connectivity index (χ0) is 12.8. The van der Waals surface area contributed by atoms with E-state index in [-0.39, 0.29) is 50.3 Å². The SMILES string of the molecule is COC(=O)c1ccc(N=Cc2ccccn2)cc1.[Cl-].[Cl-].[Zn+2]. The van der Waals surface area contributed by atoms with E-state index in [1.54, 1.807) is 36.7 Å². The van der Waals surface area contributed by atoms with Crippen molar-refractivity contribution in [3.63, 3.8) is 0 Å². The van der Waals surface area contributed by atoms with Crippen LogP contribution in [0.4, 0.5) is 5.69 Å². The largest absolute Gasteiger partial charge is 2.00 e. The van der Waals surface area contributed by atoms with Gasteiger partial charge in [-0.15, -0.1) is 0 Å². The maximum atomic E-state index is 11.2. The summed E-state index contributed by atoms with van der Waals surface area (Å²) in [4.78, 5) is 19.6. The number of benzene rings is 1. The third kappa shape index (κ3) is 6.81. The van der Waals surface area contributed by atoms with E-state index in [2.05, 4.69) is 14.7 Å². The van der Waals surface area contributed by atoms with Gasteiger partial charge in [-0.05, 0) is 36.4 Å². The molecule has 0 spiro atoms. The predicted octanol–water partition coefficient (Wildman–Crippen LogP) is -3.38. The minimum Gasteiger partial charge on any atom is -1.00 e. The van der Waals surface area contributed by atoms with Crippen LogP contribution in [0.25, 0.3) is 0 Å². The zero-order valence-electron chi connectivity index (χ0n) is 11.4. The maximum absolute atomic E-state index is 11.2. The molecule has 0 unspecified atom stereocenters. The van der Waals surface area contributed by atoms with E-state index >= 15 is 0 Å². The minimum absolute atomic E-state index is 0. The first-order valence-corrected chi connectivity index (χ1v) is 5.43. The van der Waals surface area contributed by atoms with Crippen LogP contribution in [0.3, 0.4) is 0 Å². The van der Waals surface area contributed by atoms with Crippen LogP contribution in [0.15, 0.2) is 53.7 Å². The van der Waals surface area contributed by atoms with Gasteiger partial charge in [-0.25, -0.2) is 4.79 Å². The molecule has 1 aromatic carbocycles. The number of hydrogen-bond donors (Lipinski definition) is 0. The van der Waals surface area contributed by atoms with Crippen molar-refractivity contribution in [2.45, 2.75) is 0 Å². The number of nitrogens with zero attached hydrogens (tertiary/aromatic N) is 2. The Morgan fingerprint density at radius 3 is 2.33 bits per heavy atom. The number of aromatic nitrogens is 1. The Bertz CT molecular complexity index is 563. The Morgan fingerprint density at radius 2 is 1.81 bits per heavy atom. The topological polar surface area (TPSA) is 51.5 Å². The molecule has 2 rings (SSSR count). The molecular weight excluding hydrogens is 364 g/mol. The molecule has 0 amide bonds. The number of ether oxygens (including phenoxy) is 1. The molecule has 0 fully saturated rings. The van der Waals surface area contributed by atoms with Crippen molar-refractivity contribution in [1.82, 2.24) is 4.98 Å². The van der Waals surface area contributed by atoms with Crippen molar-refractivity contribution in [2.75, 3.05) is 7.11 Å². The maximum Gasteiger partial charge on any atom is 2.00 e. The number of methoxy groups -OCH3 is 1. The molecule has 0 aliphatic rings. The van der Waals surface area contributed by atoms with Gasteiger partial charge >= 0.3 is 25.4 Å². The predicted molar refractivity (Wildman–Crippen MR) is 69.3 cm³/mol. The quantitative estimate of drug-likeness (QED) is 0.319. The Balaban J connectivity index is 0.